The number of nitrogens with zero attached hydrogens (tertiary/aromatic N) is 1. The lowest BCUT2D eigenvalue weighted by molar-refractivity contribution is -0.204. The molecule has 2 aromatic rings. The van der Waals surface area contributed by atoms with E-state index in [-0.39, 0.29) is 35.6 Å². The number of carbonyl (C=O) groups is 1. The van der Waals surface area contributed by atoms with Crippen molar-refractivity contribution in [2.75, 3.05) is 26.4 Å². The molecule has 0 bridgehead atoms. The Labute approximate surface area is 287 Å². The first kappa shape index (κ1) is 33.9. The third kappa shape index (κ3) is 7.03. The monoisotopic (exact) mass is 731 g/mol. The van der Waals surface area contributed by atoms with E-state index in [0.29, 0.717) is 36.2 Å². The Morgan fingerprint density at radius 2 is 1.73 bits per heavy atom. The van der Waals surface area contributed by atoms with Gasteiger partial charge in [0, 0.05) is 43.4 Å². The second-order valence-corrected chi connectivity index (χ2v) is 14.8. The van der Waals surface area contributed by atoms with Gasteiger partial charge in [0.25, 0.3) is 0 Å². The molecule has 1 aromatic carbocycles. The van der Waals surface area contributed by atoms with Gasteiger partial charge in [-0.1, -0.05) is 46.3 Å². The molecule has 3 aliphatic heterocycles. The minimum Gasteiger partial charge on any atom is -0.462 e. The first-order valence-electron chi connectivity index (χ1n) is 17.0. The van der Waals surface area contributed by atoms with Crippen molar-refractivity contribution < 1.29 is 41.7 Å². The van der Waals surface area contributed by atoms with Crippen molar-refractivity contribution in [1.29, 1.82) is 0 Å². The molecule has 0 amide bonds. The van der Waals surface area contributed by atoms with Crippen LogP contribution in [0.3, 0.4) is 0 Å². The number of benzene rings is 1. The average molecular weight is 733 g/mol. The van der Waals surface area contributed by atoms with Gasteiger partial charge in [0.15, 0.2) is 11.6 Å². The first-order chi connectivity index (χ1) is 23.0. The number of esters is 1. The number of pyridine rings is 1. The lowest BCUT2D eigenvalue weighted by atomic mass is 9.56. The van der Waals surface area contributed by atoms with Crippen LogP contribution in [-0.2, 0) is 34.7 Å². The van der Waals surface area contributed by atoms with Gasteiger partial charge in [-0.25, -0.2) is 0 Å². The number of ether oxygens (including phenoxy) is 5. The maximum atomic E-state index is 13.1. The lowest BCUT2D eigenvalue weighted by Gasteiger charge is -2.49. The van der Waals surface area contributed by atoms with E-state index < -0.39 is 17.5 Å². The standard InChI is InChI=1S/C29H30F3NO4.C8H11BrO2/c1-17-26-24(23-9-10-28(35-11-12-36-28)15-20(23)14-25(26)27(34)37-17)8-7-22-6-5-19(16-33-22)18-3-2-4-21(13-18)29(30,31)32;9-7-2-1-3-8(6-7)10-4-5-11-8/h2-8,13,16-17,20,23-26H,9-12,14-15H2,1H3;2H,1,3-6H2/b8-7+;/t17-,20?,23?,24?,25?,26?;/m1./s1. The van der Waals surface area contributed by atoms with Crippen LogP contribution in [0.1, 0.15) is 63.1 Å². The van der Waals surface area contributed by atoms with E-state index >= 15 is 0 Å². The zero-order valence-corrected chi connectivity index (χ0v) is 28.5. The normalized spacial score (nSPS) is 32.0. The molecule has 258 valence electrons. The molecule has 2 saturated carbocycles. The fraction of sp³-hybridized carbons (Fsp3) is 0.568. The molecule has 6 atom stereocenters. The summed E-state index contributed by atoms with van der Waals surface area (Å²) < 4.78 is 69.3. The molecule has 0 radical (unpaired) electrons. The number of hydrogen-bond acceptors (Lipinski definition) is 7. The van der Waals surface area contributed by atoms with E-state index in [4.69, 9.17) is 23.7 Å². The van der Waals surface area contributed by atoms with Crippen LogP contribution in [0.4, 0.5) is 13.2 Å². The number of alkyl halides is 3. The van der Waals surface area contributed by atoms with E-state index in [2.05, 4.69) is 33.1 Å². The molecule has 48 heavy (non-hydrogen) atoms. The van der Waals surface area contributed by atoms with Crippen LogP contribution in [0, 0.1) is 29.6 Å². The Bertz CT molecular complexity index is 1530. The van der Waals surface area contributed by atoms with Gasteiger partial charge in [0.2, 0.25) is 0 Å². The summed E-state index contributed by atoms with van der Waals surface area (Å²) in [6.45, 7) is 4.72. The highest BCUT2D eigenvalue weighted by Gasteiger charge is 2.57. The number of halogens is 4. The van der Waals surface area contributed by atoms with Gasteiger partial charge >= 0.3 is 12.1 Å². The van der Waals surface area contributed by atoms with Gasteiger partial charge in [-0.05, 0) is 78.3 Å². The van der Waals surface area contributed by atoms with Gasteiger partial charge in [0.1, 0.15) is 6.10 Å². The van der Waals surface area contributed by atoms with Crippen molar-refractivity contribution in [3.8, 4) is 11.1 Å². The van der Waals surface area contributed by atoms with Crippen molar-refractivity contribution in [3.63, 3.8) is 0 Å². The Morgan fingerprint density at radius 1 is 0.979 bits per heavy atom. The predicted octanol–water partition coefficient (Wildman–Crippen LogP) is 8.33. The van der Waals surface area contributed by atoms with Crippen LogP contribution in [0.2, 0.25) is 0 Å². The highest BCUT2D eigenvalue weighted by Crippen LogP contribution is 2.56. The lowest BCUT2D eigenvalue weighted by Crippen LogP contribution is -2.49. The molecule has 5 fully saturated rings. The van der Waals surface area contributed by atoms with Crippen LogP contribution < -0.4 is 0 Å². The molecule has 4 heterocycles. The summed E-state index contributed by atoms with van der Waals surface area (Å²) in [6, 6.07) is 8.87. The second-order valence-electron chi connectivity index (χ2n) is 13.8. The van der Waals surface area contributed by atoms with Crippen molar-refractivity contribution in [1.82, 2.24) is 4.98 Å². The number of aromatic nitrogens is 1. The fourth-order valence-electron chi connectivity index (χ4n) is 8.72. The van der Waals surface area contributed by atoms with E-state index in [1.165, 1.54) is 10.5 Å². The predicted molar refractivity (Wildman–Crippen MR) is 175 cm³/mol. The highest BCUT2D eigenvalue weighted by atomic mass is 79.9. The summed E-state index contributed by atoms with van der Waals surface area (Å²) in [6.07, 6.45) is 9.78. The van der Waals surface area contributed by atoms with Crippen molar-refractivity contribution in [2.24, 2.45) is 29.6 Å². The largest absolute Gasteiger partial charge is 0.462 e. The number of fused-ring (bicyclic) bond motifs is 2. The third-order valence-corrected chi connectivity index (χ3v) is 11.5. The molecule has 3 aliphatic carbocycles. The molecule has 1 aromatic heterocycles. The summed E-state index contributed by atoms with van der Waals surface area (Å²) in [5.74, 6) is -0.00791. The van der Waals surface area contributed by atoms with Crippen molar-refractivity contribution >= 4 is 28.0 Å². The number of carbonyl (C=O) groups excluding carboxylic acids is 1. The summed E-state index contributed by atoms with van der Waals surface area (Å²) >= 11 is 3.47. The molecular weight excluding hydrogens is 691 g/mol. The molecule has 2 spiro atoms. The Balaban J connectivity index is 0.000000280. The number of cyclic esters (lactones) is 1. The minimum absolute atomic E-state index is 0.106. The average Bonchev–Trinajstić information content (AvgIpc) is 3.79. The van der Waals surface area contributed by atoms with Crippen molar-refractivity contribution in [2.45, 2.75) is 75.7 Å². The maximum Gasteiger partial charge on any atom is 0.416 e. The molecule has 3 saturated heterocycles. The van der Waals surface area contributed by atoms with Crippen LogP contribution >= 0.6 is 15.9 Å². The minimum atomic E-state index is -4.39. The molecule has 6 aliphatic rings. The molecular formula is C37H41BrF3NO6. The molecule has 8 rings (SSSR count). The SMILES string of the molecule is BrC1=CCCC2(C1)OCCO2.C[C@H]1OC(=O)C2CC3CC4(CCC3C(/C=C/c3ccc(-c5cccc(C(F)(F)F)c5)cn3)C21)OCCO4. The third-order valence-electron chi connectivity index (χ3n) is 10.9. The van der Waals surface area contributed by atoms with Crippen LogP contribution in [0.25, 0.3) is 17.2 Å². The summed E-state index contributed by atoms with van der Waals surface area (Å²) in [5, 5.41) is 0. The summed E-state index contributed by atoms with van der Waals surface area (Å²) in [7, 11) is 0. The number of hydrogen-bond donors (Lipinski definition) is 0. The molecule has 7 nitrogen and oxygen atoms in total. The van der Waals surface area contributed by atoms with Crippen LogP contribution in [0.15, 0.2) is 59.2 Å². The Morgan fingerprint density at radius 3 is 2.42 bits per heavy atom. The zero-order valence-electron chi connectivity index (χ0n) is 26.9. The summed E-state index contributed by atoms with van der Waals surface area (Å²) in [4.78, 5) is 17.2. The molecule has 5 unspecified atom stereocenters. The van der Waals surface area contributed by atoms with Gasteiger partial charge in [0.05, 0.1) is 43.6 Å². The van der Waals surface area contributed by atoms with Crippen LogP contribution in [-0.4, -0.2) is 55.1 Å². The zero-order chi connectivity index (χ0) is 33.5. The molecule has 11 heteroatoms. The van der Waals surface area contributed by atoms with Crippen LogP contribution in [0.5, 0.6) is 0 Å². The van der Waals surface area contributed by atoms with E-state index in [1.54, 1.807) is 18.3 Å². The molecule has 0 N–H and O–H groups in total. The second kappa shape index (κ2) is 13.6. The van der Waals surface area contributed by atoms with E-state index in [0.717, 1.165) is 76.0 Å². The Kier molecular flexibility index (Phi) is 9.62. The van der Waals surface area contributed by atoms with E-state index in [1.807, 2.05) is 19.1 Å². The number of rotatable bonds is 3. The topological polar surface area (TPSA) is 76.1 Å². The fourth-order valence-corrected chi connectivity index (χ4v) is 9.38. The van der Waals surface area contributed by atoms with Gasteiger partial charge in [-0.3, -0.25) is 9.78 Å². The Hall–Kier alpha value is -2.57. The highest BCUT2D eigenvalue weighted by molar-refractivity contribution is 9.11. The maximum absolute atomic E-state index is 13.1. The van der Waals surface area contributed by atoms with Gasteiger partial charge < -0.3 is 23.7 Å². The smallest absolute Gasteiger partial charge is 0.416 e. The van der Waals surface area contributed by atoms with Crippen molar-refractivity contribution in [3.05, 3.63) is 70.5 Å². The van der Waals surface area contributed by atoms with Gasteiger partial charge in [-0.15, -0.1) is 0 Å². The summed E-state index contributed by atoms with van der Waals surface area (Å²) in [5.41, 5.74) is 1.14. The quantitative estimate of drug-likeness (QED) is 0.294. The number of allylic oxidation sites excluding steroid dienone is 2. The first-order valence-corrected chi connectivity index (χ1v) is 17.8. The van der Waals surface area contributed by atoms with Gasteiger partial charge in [-0.2, -0.15) is 13.2 Å². The van der Waals surface area contributed by atoms with E-state index in [9.17, 15) is 18.0 Å².